The number of rotatable bonds is 5. The molecular formula is C16H17FN2O6S2. The summed E-state index contributed by atoms with van der Waals surface area (Å²) in [6.07, 6.45) is 0. The van der Waals surface area contributed by atoms with Crippen LogP contribution in [-0.4, -0.2) is 66.6 Å². The highest BCUT2D eigenvalue weighted by atomic mass is 32.2. The fraction of sp³-hybridized carbons (Fsp3) is 0.438. The Morgan fingerprint density at radius 1 is 1.37 bits per heavy atom. The number of carbonyl (C=O) groups excluding carboxylic acids is 1. The maximum Gasteiger partial charge on any atom is 0.329 e. The van der Waals surface area contributed by atoms with Crippen molar-refractivity contribution in [1.82, 2.24) is 0 Å². The van der Waals surface area contributed by atoms with Gasteiger partial charge in [0.15, 0.2) is 15.0 Å². The predicted octanol–water partition coefficient (Wildman–Crippen LogP) is 0.837. The molecule has 0 bridgehead atoms. The lowest BCUT2D eigenvalue weighted by Crippen LogP contribution is -2.38. The molecule has 3 rings (SSSR count). The van der Waals surface area contributed by atoms with Gasteiger partial charge in [-0.1, -0.05) is 17.8 Å². The molecular weight excluding hydrogens is 399 g/mol. The molecule has 0 aromatic heterocycles. The first-order valence-corrected chi connectivity index (χ1v) is 10.7. The SMILES string of the molecule is Cc1ccc(N2C(=NC(=O)COCC(=O)O)S[C@H]3CS(=O)(=O)C[C@H]32)cc1F. The molecule has 2 aliphatic heterocycles. The predicted molar refractivity (Wildman–Crippen MR) is 98.3 cm³/mol. The summed E-state index contributed by atoms with van der Waals surface area (Å²) < 4.78 is 42.7. The number of sulfone groups is 1. The van der Waals surface area contributed by atoms with Crippen LogP contribution in [-0.2, 0) is 24.2 Å². The standard InChI is InChI=1S/C16H17FN2O6S2/c1-9-2-3-10(4-11(9)17)19-12-7-27(23,24)8-13(12)26-16(19)18-14(20)5-25-6-15(21)22/h2-4,12-13H,5-8H2,1H3,(H,21,22)/t12-,13+/m1/s1. The van der Waals surface area contributed by atoms with Crippen LogP contribution in [0.2, 0.25) is 0 Å². The number of aliphatic imine (C=N–C) groups is 1. The molecule has 2 aliphatic rings. The Kier molecular flexibility index (Phi) is 5.54. The van der Waals surface area contributed by atoms with Crippen LogP contribution in [0.1, 0.15) is 5.56 Å². The molecule has 2 saturated heterocycles. The van der Waals surface area contributed by atoms with E-state index < -0.39 is 46.8 Å². The molecule has 1 amide bonds. The van der Waals surface area contributed by atoms with E-state index in [9.17, 15) is 22.4 Å². The normalized spacial score (nSPS) is 25.0. The molecule has 2 atom stereocenters. The lowest BCUT2D eigenvalue weighted by molar-refractivity contribution is -0.143. The van der Waals surface area contributed by atoms with Gasteiger partial charge in [0.25, 0.3) is 5.91 Å². The second-order valence-corrected chi connectivity index (χ2v) is 9.64. The largest absolute Gasteiger partial charge is 0.480 e. The number of halogens is 1. The number of aliphatic carboxylic acids is 1. The molecule has 0 spiro atoms. The Morgan fingerprint density at radius 3 is 2.78 bits per heavy atom. The summed E-state index contributed by atoms with van der Waals surface area (Å²) in [5.74, 6) is -2.50. The summed E-state index contributed by atoms with van der Waals surface area (Å²) in [6.45, 7) is 0.471. The van der Waals surface area contributed by atoms with Gasteiger partial charge >= 0.3 is 5.97 Å². The van der Waals surface area contributed by atoms with E-state index in [1.54, 1.807) is 24.0 Å². The van der Waals surface area contributed by atoms with Crippen LogP contribution >= 0.6 is 11.8 Å². The van der Waals surface area contributed by atoms with E-state index in [0.717, 1.165) is 11.8 Å². The molecule has 0 aliphatic carbocycles. The molecule has 0 unspecified atom stereocenters. The number of hydrogen-bond acceptors (Lipinski definition) is 6. The number of hydrogen-bond donors (Lipinski definition) is 1. The topological polar surface area (TPSA) is 113 Å². The molecule has 1 aromatic carbocycles. The Labute approximate surface area is 159 Å². The van der Waals surface area contributed by atoms with Crippen LogP contribution in [0.15, 0.2) is 23.2 Å². The number of carboxylic acid groups (broad SMARTS) is 1. The number of amidine groups is 1. The fourth-order valence-corrected chi connectivity index (χ4v) is 6.89. The van der Waals surface area contributed by atoms with Gasteiger partial charge in [-0.3, -0.25) is 4.79 Å². The molecule has 11 heteroatoms. The summed E-state index contributed by atoms with van der Waals surface area (Å²) >= 11 is 1.15. The minimum absolute atomic E-state index is 0.0457. The second kappa shape index (κ2) is 7.56. The first-order chi connectivity index (χ1) is 12.7. The number of fused-ring (bicyclic) bond motifs is 1. The van der Waals surface area contributed by atoms with Crippen molar-refractivity contribution in [3.05, 3.63) is 29.6 Å². The smallest absolute Gasteiger partial charge is 0.329 e. The lowest BCUT2D eigenvalue weighted by Gasteiger charge is -2.24. The van der Waals surface area contributed by atoms with Crippen molar-refractivity contribution in [3.8, 4) is 0 Å². The van der Waals surface area contributed by atoms with Crippen LogP contribution in [0.3, 0.4) is 0 Å². The van der Waals surface area contributed by atoms with Gasteiger partial charge in [-0.2, -0.15) is 4.99 Å². The molecule has 27 heavy (non-hydrogen) atoms. The molecule has 2 heterocycles. The average Bonchev–Trinajstić information content (AvgIpc) is 3.00. The third kappa shape index (κ3) is 4.47. The third-order valence-corrected chi connectivity index (χ3v) is 7.38. The Hall–Kier alpha value is -1.98. The van der Waals surface area contributed by atoms with Gasteiger partial charge in [0, 0.05) is 10.9 Å². The number of amides is 1. The maximum atomic E-state index is 14.0. The van der Waals surface area contributed by atoms with Crippen molar-refractivity contribution >= 4 is 44.3 Å². The zero-order valence-corrected chi connectivity index (χ0v) is 15.9. The minimum Gasteiger partial charge on any atom is -0.480 e. The third-order valence-electron chi connectivity index (χ3n) is 4.17. The number of nitrogens with zero attached hydrogens (tertiary/aromatic N) is 2. The zero-order chi connectivity index (χ0) is 19.8. The van der Waals surface area contributed by atoms with E-state index in [0.29, 0.717) is 11.3 Å². The first kappa shape index (κ1) is 19.8. The van der Waals surface area contributed by atoms with Gasteiger partial charge in [-0.25, -0.2) is 17.6 Å². The molecule has 146 valence electrons. The molecule has 1 aromatic rings. The monoisotopic (exact) mass is 416 g/mol. The number of aryl methyl sites for hydroxylation is 1. The van der Waals surface area contributed by atoms with Crippen molar-refractivity contribution in [2.75, 3.05) is 29.6 Å². The molecule has 1 N–H and O–H groups in total. The fourth-order valence-electron chi connectivity index (χ4n) is 2.96. The number of benzene rings is 1. The molecule has 2 fully saturated rings. The van der Waals surface area contributed by atoms with Crippen molar-refractivity contribution in [1.29, 1.82) is 0 Å². The highest BCUT2D eigenvalue weighted by Crippen LogP contribution is 2.41. The summed E-state index contributed by atoms with van der Waals surface area (Å²) in [5, 5.41) is 8.47. The van der Waals surface area contributed by atoms with Crippen LogP contribution in [0.25, 0.3) is 0 Å². The van der Waals surface area contributed by atoms with E-state index in [2.05, 4.69) is 4.99 Å². The molecule has 0 radical (unpaired) electrons. The Morgan fingerprint density at radius 2 is 2.11 bits per heavy atom. The maximum absolute atomic E-state index is 14.0. The zero-order valence-electron chi connectivity index (χ0n) is 14.3. The van der Waals surface area contributed by atoms with E-state index >= 15 is 0 Å². The molecule has 8 nitrogen and oxygen atoms in total. The highest BCUT2D eigenvalue weighted by Gasteiger charge is 2.49. The van der Waals surface area contributed by atoms with E-state index in [4.69, 9.17) is 9.84 Å². The van der Waals surface area contributed by atoms with E-state index in [1.807, 2.05) is 0 Å². The summed E-state index contributed by atoms with van der Waals surface area (Å²) in [6, 6.07) is 4.05. The average molecular weight is 416 g/mol. The van der Waals surface area contributed by atoms with Crippen LogP contribution in [0.4, 0.5) is 10.1 Å². The molecule has 0 saturated carbocycles. The van der Waals surface area contributed by atoms with E-state index in [-0.39, 0.29) is 21.9 Å². The lowest BCUT2D eigenvalue weighted by atomic mass is 10.1. The first-order valence-electron chi connectivity index (χ1n) is 8.00. The number of anilines is 1. The van der Waals surface area contributed by atoms with Gasteiger partial charge in [0.1, 0.15) is 19.0 Å². The van der Waals surface area contributed by atoms with Crippen LogP contribution in [0, 0.1) is 12.7 Å². The van der Waals surface area contributed by atoms with Crippen LogP contribution < -0.4 is 4.90 Å². The van der Waals surface area contributed by atoms with Crippen molar-refractivity contribution in [2.24, 2.45) is 4.99 Å². The number of thioether (sulfide) groups is 1. The summed E-state index contributed by atoms with van der Waals surface area (Å²) in [5.41, 5.74) is 0.853. The minimum atomic E-state index is -3.23. The van der Waals surface area contributed by atoms with Crippen molar-refractivity contribution in [2.45, 2.75) is 18.2 Å². The quantitative estimate of drug-likeness (QED) is 0.751. The Bertz CT molecular complexity index is 917. The van der Waals surface area contributed by atoms with E-state index in [1.165, 1.54) is 6.07 Å². The number of carbonyl (C=O) groups is 2. The van der Waals surface area contributed by atoms with Gasteiger partial charge in [-0.05, 0) is 24.6 Å². The van der Waals surface area contributed by atoms with Gasteiger partial charge in [0.2, 0.25) is 0 Å². The summed E-state index contributed by atoms with van der Waals surface area (Å²) in [4.78, 5) is 27.9. The van der Waals surface area contributed by atoms with Gasteiger partial charge in [-0.15, -0.1) is 0 Å². The van der Waals surface area contributed by atoms with Crippen molar-refractivity contribution in [3.63, 3.8) is 0 Å². The van der Waals surface area contributed by atoms with Crippen molar-refractivity contribution < 1.29 is 32.2 Å². The van der Waals surface area contributed by atoms with Crippen LogP contribution in [0.5, 0.6) is 0 Å². The van der Waals surface area contributed by atoms with Gasteiger partial charge < -0.3 is 14.7 Å². The summed E-state index contributed by atoms with van der Waals surface area (Å²) in [7, 11) is -3.23. The highest BCUT2D eigenvalue weighted by molar-refractivity contribution is 8.16. The second-order valence-electron chi connectivity index (χ2n) is 6.28. The Balaban J connectivity index is 1.88. The number of carboxylic acids is 1. The van der Waals surface area contributed by atoms with Gasteiger partial charge in [0.05, 0.1) is 17.5 Å². The number of ether oxygens (including phenoxy) is 1.